The Bertz CT molecular complexity index is 391. The number of pyridine rings is 1. The van der Waals surface area contributed by atoms with Gasteiger partial charge in [0.15, 0.2) is 0 Å². The Morgan fingerprint density at radius 1 is 1.38 bits per heavy atom. The lowest BCUT2D eigenvalue weighted by atomic mass is 10.1. The molecule has 0 spiro atoms. The molecule has 1 aromatic heterocycles. The van der Waals surface area contributed by atoms with E-state index >= 15 is 0 Å². The quantitative estimate of drug-likeness (QED) is 0.671. The second kappa shape index (κ2) is 4.52. The van der Waals surface area contributed by atoms with Crippen LogP contribution in [0.1, 0.15) is 23.2 Å². The number of nitrogens with two attached hydrogens (primary N) is 1. The largest absolute Gasteiger partial charge is 0.420 e. The third kappa shape index (κ3) is 2.60. The van der Waals surface area contributed by atoms with Crippen molar-refractivity contribution in [2.45, 2.75) is 17.9 Å². The molecule has 0 aliphatic rings. The van der Waals surface area contributed by atoms with Gasteiger partial charge in [0.25, 0.3) is 6.43 Å². The summed E-state index contributed by atoms with van der Waals surface area (Å²) in [5.41, 5.74) is 2.75. The van der Waals surface area contributed by atoms with E-state index in [9.17, 15) is 22.0 Å². The highest BCUT2D eigenvalue weighted by molar-refractivity contribution is 9.08. The van der Waals surface area contributed by atoms with E-state index in [-0.39, 0.29) is 10.9 Å². The zero-order valence-corrected chi connectivity index (χ0v) is 9.24. The molecule has 0 aromatic carbocycles. The number of nitrogen functional groups attached to an aromatic ring is 1. The lowest BCUT2D eigenvalue weighted by Gasteiger charge is -2.14. The summed E-state index contributed by atoms with van der Waals surface area (Å²) in [5.74, 6) is -0.931. The highest BCUT2D eigenvalue weighted by Gasteiger charge is 2.37. The molecule has 1 heterocycles. The summed E-state index contributed by atoms with van der Waals surface area (Å²) in [6, 6.07) is 0.693. The van der Waals surface area contributed by atoms with Gasteiger partial charge in [0.1, 0.15) is 17.1 Å². The molecule has 2 N–H and O–H groups in total. The van der Waals surface area contributed by atoms with Crippen LogP contribution in [0.2, 0.25) is 0 Å². The number of halogens is 6. The number of aromatic nitrogens is 1. The van der Waals surface area contributed by atoms with E-state index in [0.717, 1.165) is 0 Å². The Balaban J connectivity index is 3.41. The van der Waals surface area contributed by atoms with Gasteiger partial charge in [-0.25, -0.2) is 13.8 Å². The fourth-order valence-electron chi connectivity index (χ4n) is 1.19. The van der Waals surface area contributed by atoms with Gasteiger partial charge in [-0.1, -0.05) is 15.9 Å². The van der Waals surface area contributed by atoms with Crippen molar-refractivity contribution in [3.05, 3.63) is 22.9 Å². The van der Waals surface area contributed by atoms with Gasteiger partial charge in [-0.3, -0.25) is 0 Å². The molecule has 1 aromatic rings. The lowest BCUT2D eigenvalue weighted by Crippen LogP contribution is -2.15. The first-order valence-corrected chi connectivity index (χ1v) is 5.10. The zero-order chi connectivity index (χ0) is 12.5. The Kier molecular flexibility index (Phi) is 3.72. The fraction of sp³-hybridized carbons (Fsp3) is 0.375. The minimum atomic E-state index is -4.71. The minimum Gasteiger partial charge on any atom is -0.383 e. The van der Waals surface area contributed by atoms with Crippen LogP contribution in [0.15, 0.2) is 6.07 Å². The molecule has 0 saturated heterocycles. The second-order valence-electron chi connectivity index (χ2n) is 2.90. The zero-order valence-electron chi connectivity index (χ0n) is 7.65. The van der Waals surface area contributed by atoms with Crippen LogP contribution in [0.4, 0.5) is 27.8 Å². The molecule has 90 valence electrons. The van der Waals surface area contributed by atoms with E-state index in [1.165, 1.54) is 0 Å². The van der Waals surface area contributed by atoms with Gasteiger partial charge in [-0.05, 0) is 11.6 Å². The standard InChI is InChI=1S/C8H6BrF5N2/c9-2-3-1-4(6(10)11)16-7(15)5(3)8(12,13)14/h1,6H,2H2,(H2,15,16). The van der Waals surface area contributed by atoms with Crippen molar-refractivity contribution in [2.75, 3.05) is 5.73 Å². The molecule has 0 fully saturated rings. The fourth-order valence-corrected chi connectivity index (χ4v) is 1.63. The van der Waals surface area contributed by atoms with Crippen LogP contribution in [-0.2, 0) is 11.5 Å². The number of rotatable bonds is 2. The summed E-state index contributed by atoms with van der Waals surface area (Å²) < 4.78 is 62.1. The van der Waals surface area contributed by atoms with Gasteiger partial charge in [0.2, 0.25) is 0 Å². The monoisotopic (exact) mass is 304 g/mol. The van der Waals surface area contributed by atoms with Crippen molar-refractivity contribution in [2.24, 2.45) is 0 Å². The van der Waals surface area contributed by atoms with Gasteiger partial charge in [0.05, 0.1) is 0 Å². The van der Waals surface area contributed by atoms with Crippen molar-refractivity contribution < 1.29 is 22.0 Å². The molecule has 0 unspecified atom stereocenters. The van der Waals surface area contributed by atoms with E-state index in [0.29, 0.717) is 6.07 Å². The third-order valence-corrected chi connectivity index (χ3v) is 2.40. The van der Waals surface area contributed by atoms with Crippen molar-refractivity contribution in [1.82, 2.24) is 4.98 Å². The maximum Gasteiger partial charge on any atom is 0.420 e. The highest BCUT2D eigenvalue weighted by atomic mass is 79.9. The van der Waals surface area contributed by atoms with Gasteiger partial charge < -0.3 is 5.73 Å². The third-order valence-electron chi connectivity index (χ3n) is 1.80. The van der Waals surface area contributed by atoms with Crippen molar-refractivity contribution in [3.8, 4) is 0 Å². The van der Waals surface area contributed by atoms with E-state index in [1.54, 1.807) is 0 Å². The van der Waals surface area contributed by atoms with E-state index in [1.807, 2.05) is 0 Å². The van der Waals surface area contributed by atoms with Gasteiger partial charge in [-0.15, -0.1) is 0 Å². The maximum absolute atomic E-state index is 12.5. The number of anilines is 1. The van der Waals surface area contributed by atoms with Crippen molar-refractivity contribution >= 4 is 21.7 Å². The van der Waals surface area contributed by atoms with E-state index < -0.39 is 29.7 Å². The van der Waals surface area contributed by atoms with Crippen LogP contribution in [0.5, 0.6) is 0 Å². The second-order valence-corrected chi connectivity index (χ2v) is 3.46. The average Bonchev–Trinajstić information content (AvgIpc) is 2.14. The predicted molar refractivity (Wildman–Crippen MR) is 51.2 cm³/mol. The smallest absolute Gasteiger partial charge is 0.383 e. The van der Waals surface area contributed by atoms with Crippen LogP contribution >= 0.6 is 15.9 Å². The van der Waals surface area contributed by atoms with Crippen LogP contribution in [-0.4, -0.2) is 4.98 Å². The first kappa shape index (κ1) is 13.1. The molecule has 0 saturated carbocycles. The molecule has 0 amide bonds. The molecule has 0 aliphatic heterocycles. The molecule has 0 aliphatic carbocycles. The van der Waals surface area contributed by atoms with Crippen molar-refractivity contribution in [1.29, 1.82) is 0 Å². The summed E-state index contributed by atoms with van der Waals surface area (Å²) in [7, 11) is 0. The number of hydrogen-bond acceptors (Lipinski definition) is 2. The Morgan fingerprint density at radius 2 is 1.94 bits per heavy atom. The summed E-state index contributed by atoms with van der Waals surface area (Å²) >= 11 is 2.79. The molecule has 0 atom stereocenters. The molecule has 8 heteroatoms. The number of alkyl halides is 6. The molecular weight excluding hydrogens is 299 g/mol. The maximum atomic E-state index is 12.5. The Hall–Kier alpha value is -0.920. The van der Waals surface area contributed by atoms with Crippen LogP contribution < -0.4 is 5.73 Å². The van der Waals surface area contributed by atoms with Crippen LogP contribution in [0, 0.1) is 0 Å². The highest BCUT2D eigenvalue weighted by Crippen LogP contribution is 2.37. The summed E-state index contributed by atoms with van der Waals surface area (Å²) in [6.07, 6.45) is -7.66. The molecule has 2 nitrogen and oxygen atoms in total. The molecule has 0 bridgehead atoms. The summed E-state index contributed by atoms with van der Waals surface area (Å²) in [4.78, 5) is 3.03. The van der Waals surface area contributed by atoms with E-state index in [4.69, 9.17) is 5.73 Å². The van der Waals surface area contributed by atoms with Crippen molar-refractivity contribution in [3.63, 3.8) is 0 Å². The topological polar surface area (TPSA) is 38.9 Å². The normalized spacial score (nSPS) is 12.2. The van der Waals surface area contributed by atoms with Crippen LogP contribution in [0.25, 0.3) is 0 Å². The molecule has 0 radical (unpaired) electrons. The first-order chi connectivity index (χ1) is 7.27. The Labute approximate surface area is 95.8 Å². The summed E-state index contributed by atoms with van der Waals surface area (Å²) in [6.45, 7) is 0. The SMILES string of the molecule is Nc1nc(C(F)F)cc(CBr)c1C(F)(F)F. The van der Waals surface area contributed by atoms with E-state index in [2.05, 4.69) is 20.9 Å². The average molecular weight is 305 g/mol. The van der Waals surface area contributed by atoms with Gasteiger partial charge >= 0.3 is 6.18 Å². The minimum absolute atomic E-state index is 0.228. The number of nitrogens with zero attached hydrogens (tertiary/aromatic N) is 1. The molecule has 16 heavy (non-hydrogen) atoms. The lowest BCUT2D eigenvalue weighted by molar-refractivity contribution is -0.137. The van der Waals surface area contributed by atoms with Crippen LogP contribution in [0.3, 0.4) is 0 Å². The molecule has 1 rings (SSSR count). The van der Waals surface area contributed by atoms with Gasteiger partial charge in [-0.2, -0.15) is 13.2 Å². The number of hydrogen-bond donors (Lipinski definition) is 1. The Morgan fingerprint density at radius 3 is 2.31 bits per heavy atom. The van der Waals surface area contributed by atoms with Gasteiger partial charge in [0, 0.05) is 5.33 Å². The predicted octanol–water partition coefficient (Wildman–Crippen LogP) is 3.52. The first-order valence-electron chi connectivity index (χ1n) is 3.98. The molecular formula is C8H6BrF5N2. The summed E-state index contributed by atoms with van der Waals surface area (Å²) in [5, 5.41) is -0.228.